The van der Waals surface area contributed by atoms with Crippen molar-refractivity contribution in [3.8, 4) is 0 Å². The molecule has 0 aliphatic rings. The lowest BCUT2D eigenvalue weighted by Crippen LogP contribution is -2.24. The highest BCUT2D eigenvalue weighted by molar-refractivity contribution is 6.50. The largest absolute Gasteiger partial charge is 0.305 e. The van der Waals surface area contributed by atoms with Gasteiger partial charge in [0.25, 0.3) is 5.56 Å². The minimum atomic E-state index is -0.389. The Kier molecular flexibility index (Phi) is 5.47. The van der Waals surface area contributed by atoms with E-state index < -0.39 is 0 Å². The van der Waals surface area contributed by atoms with Crippen LogP contribution in [0.1, 0.15) is 27.4 Å². The van der Waals surface area contributed by atoms with Crippen molar-refractivity contribution in [3.63, 3.8) is 0 Å². The number of carbonyl (C=O) groups excluding carboxylic acids is 1. The fourth-order valence-electron chi connectivity index (χ4n) is 2.39. The Bertz CT molecular complexity index is 1050. The maximum absolute atomic E-state index is 13.0. The third-order valence-electron chi connectivity index (χ3n) is 3.76. The first kappa shape index (κ1) is 18.5. The van der Waals surface area contributed by atoms with Crippen LogP contribution in [0.3, 0.4) is 0 Å². The summed E-state index contributed by atoms with van der Waals surface area (Å²) in [6, 6.07) is 15.3. The molecule has 0 aliphatic carbocycles. The Morgan fingerprint density at radius 3 is 2.37 bits per heavy atom. The molecule has 0 amide bonds. The van der Waals surface area contributed by atoms with Crippen LogP contribution >= 0.6 is 11.6 Å². The minimum Gasteiger partial charge on any atom is -0.305 e. The number of anilines is 1. The molecule has 7 heteroatoms. The lowest BCUT2D eigenvalue weighted by atomic mass is 10.1. The molecule has 0 radical (unpaired) electrons. The van der Waals surface area contributed by atoms with E-state index in [-0.39, 0.29) is 22.9 Å². The maximum Gasteiger partial charge on any atom is 0.251 e. The fourth-order valence-corrected chi connectivity index (χ4v) is 2.52. The lowest BCUT2D eigenvalue weighted by molar-refractivity contribution is 0.106. The SMILES string of the molecule is Cc1ccc(N/N=C(/C(=O)c2ccc(Cl)cc2)c2nc(C)cc(=O)[nH]2)cc1. The summed E-state index contributed by atoms with van der Waals surface area (Å²) in [5.41, 5.74) is 5.17. The van der Waals surface area contributed by atoms with E-state index in [0.29, 0.717) is 22.0 Å². The molecule has 3 aromatic rings. The molecule has 0 fully saturated rings. The number of ketones is 1. The smallest absolute Gasteiger partial charge is 0.251 e. The van der Waals surface area contributed by atoms with Gasteiger partial charge in [-0.05, 0) is 50.2 Å². The highest BCUT2D eigenvalue weighted by Gasteiger charge is 2.19. The van der Waals surface area contributed by atoms with Crippen LogP contribution in [0.5, 0.6) is 0 Å². The van der Waals surface area contributed by atoms with Gasteiger partial charge >= 0.3 is 0 Å². The van der Waals surface area contributed by atoms with Gasteiger partial charge in [-0.15, -0.1) is 0 Å². The van der Waals surface area contributed by atoms with E-state index in [2.05, 4.69) is 20.5 Å². The van der Waals surface area contributed by atoms with Gasteiger partial charge in [-0.2, -0.15) is 5.10 Å². The van der Waals surface area contributed by atoms with E-state index >= 15 is 0 Å². The van der Waals surface area contributed by atoms with Gasteiger partial charge < -0.3 is 4.98 Å². The third-order valence-corrected chi connectivity index (χ3v) is 4.02. The number of hydrogen-bond donors (Lipinski definition) is 2. The molecule has 3 rings (SSSR count). The third kappa shape index (κ3) is 4.68. The number of Topliss-reactive ketones (excluding diaryl/α,β-unsaturated/α-hetero) is 1. The zero-order chi connectivity index (χ0) is 19.4. The van der Waals surface area contributed by atoms with Crippen molar-refractivity contribution >= 4 is 28.8 Å². The maximum atomic E-state index is 13.0. The van der Waals surface area contributed by atoms with Gasteiger partial charge in [-0.1, -0.05) is 29.3 Å². The van der Waals surface area contributed by atoms with E-state index in [4.69, 9.17) is 11.6 Å². The predicted molar refractivity (Wildman–Crippen MR) is 107 cm³/mol. The summed E-state index contributed by atoms with van der Waals surface area (Å²) in [4.78, 5) is 31.6. The molecule has 0 saturated heterocycles. The van der Waals surface area contributed by atoms with Crippen molar-refractivity contribution in [2.45, 2.75) is 13.8 Å². The second kappa shape index (κ2) is 7.97. The van der Waals surface area contributed by atoms with Crippen LogP contribution in [0.15, 0.2) is 64.5 Å². The van der Waals surface area contributed by atoms with Crippen LogP contribution in [0.4, 0.5) is 5.69 Å². The summed E-state index contributed by atoms with van der Waals surface area (Å²) in [5.74, 6) is -0.292. The van der Waals surface area contributed by atoms with E-state index in [0.717, 1.165) is 5.56 Å². The van der Waals surface area contributed by atoms with E-state index in [9.17, 15) is 9.59 Å². The van der Waals surface area contributed by atoms with Gasteiger partial charge in [0.1, 0.15) is 0 Å². The molecule has 1 aromatic heterocycles. The van der Waals surface area contributed by atoms with Crippen molar-refractivity contribution < 1.29 is 4.79 Å². The Balaban J connectivity index is 2.03. The van der Waals surface area contributed by atoms with Crippen LogP contribution in [0, 0.1) is 13.8 Å². The number of nitrogens with zero attached hydrogens (tertiary/aromatic N) is 2. The topological polar surface area (TPSA) is 87.2 Å². The first-order valence-corrected chi connectivity index (χ1v) is 8.59. The van der Waals surface area contributed by atoms with Crippen molar-refractivity contribution in [1.29, 1.82) is 0 Å². The van der Waals surface area contributed by atoms with Gasteiger partial charge in [-0.25, -0.2) is 4.98 Å². The number of aromatic nitrogens is 2. The zero-order valence-corrected chi connectivity index (χ0v) is 15.5. The molecule has 0 aliphatic heterocycles. The van der Waals surface area contributed by atoms with Gasteiger partial charge in [0.05, 0.1) is 5.69 Å². The highest BCUT2D eigenvalue weighted by atomic mass is 35.5. The number of aromatic amines is 1. The van der Waals surface area contributed by atoms with Crippen molar-refractivity contribution in [2.75, 3.05) is 5.43 Å². The van der Waals surface area contributed by atoms with Crippen LogP contribution in [0.25, 0.3) is 0 Å². The van der Waals surface area contributed by atoms with Crippen molar-refractivity contribution in [2.24, 2.45) is 5.10 Å². The Labute approximate surface area is 160 Å². The molecule has 0 atom stereocenters. The van der Waals surface area contributed by atoms with Crippen LogP contribution in [-0.4, -0.2) is 21.5 Å². The molecule has 27 heavy (non-hydrogen) atoms. The molecule has 2 aromatic carbocycles. The number of aryl methyl sites for hydroxylation is 2. The fraction of sp³-hybridized carbons (Fsp3) is 0.100. The van der Waals surface area contributed by atoms with Gasteiger partial charge in [0, 0.05) is 22.3 Å². The van der Waals surface area contributed by atoms with Crippen LogP contribution in [-0.2, 0) is 0 Å². The zero-order valence-electron chi connectivity index (χ0n) is 14.8. The number of halogens is 1. The summed E-state index contributed by atoms with van der Waals surface area (Å²) in [6.07, 6.45) is 0. The molecule has 2 N–H and O–H groups in total. The first-order chi connectivity index (χ1) is 12.9. The Hall–Kier alpha value is -3.25. The molecule has 6 nitrogen and oxygen atoms in total. The van der Waals surface area contributed by atoms with Gasteiger partial charge in [0.2, 0.25) is 5.78 Å². The van der Waals surface area contributed by atoms with Crippen molar-refractivity contribution in [3.05, 3.63) is 92.6 Å². The normalized spacial score (nSPS) is 11.3. The second-order valence-corrected chi connectivity index (χ2v) is 6.45. The standard InChI is InChI=1S/C20H17ClN4O2/c1-12-3-9-16(10-4-12)24-25-18(20-22-13(2)11-17(26)23-20)19(27)14-5-7-15(21)8-6-14/h3-11,24H,1-2H3,(H,22,23,26)/b25-18-. The summed E-state index contributed by atoms with van der Waals surface area (Å²) in [7, 11) is 0. The number of rotatable bonds is 5. The molecule has 0 spiro atoms. The van der Waals surface area contributed by atoms with Gasteiger partial charge in [-0.3, -0.25) is 15.0 Å². The Morgan fingerprint density at radius 1 is 1.07 bits per heavy atom. The molecular weight excluding hydrogens is 364 g/mol. The molecule has 0 saturated carbocycles. The number of benzene rings is 2. The van der Waals surface area contributed by atoms with E-state index in [1.807, 2.05) is 31.2 Å². The lowest BCUT2D eigenvalue weighted by Gasteiger charge is -2.08. The monoisotopic (exact) mass is 380 g/mol. The Morgan fingerprint density at radius 2 is 1.74 bits per heavy atom. The average Bonchev–Trinajstić information content (AvgIpc) is 2.63. The highest BCUT2D eigenvalue weighted by Crippen LogP contribution is 2.13. The molecular formula is C20H17ClN4O2. The number of nitrogens with one attached hydrogen (secondary N) is 2. The van der Waals surface area contributed by atoms with E-state index in [1.54, 1.807) is 31.2 Å². The molecule has 0 bridgehead atoms. The minimum absolute atomic E-state index is 0.00121. The number of H-pyrrole nitrogens is 1. The molecule has 136 valence electrons. The molecule has 0 unspecified atom stereocenters. The quantitative estimate of drug-likeness (QED) is 0.401. The number of hydrazone groups is 1. The first-order valence-electron chi connectivity index (χ1n) is 8.21. The van der Waals surface area contributed by atoms with Crippen LogP contribution < -0.4 is 11.0 Å². The summed E-state index contributed by atoms with van der Waals surface area (Å²) in [6.45, 7) is 3.65. The summed E-state index contributed by atoms with van der Waals surface area (Å²) in [5, 5.41) is 4.74. The summed E-state index contributed by atoms with van der Waals surface area (Å²) >= 11 is 5.89. The molecule has 1 heterocycles. The van der Waals surface area contributed by atoms with Crippen LogP contribution in [0.2, 0.25) is 5.02 Å². The average molecular weight is 381 g/mol. The number of carbonyl (C=O) groups is 1. The predicted octanol–water partition coefficient (Wildman–Crippen LogP) is 3.74. The second-order valence-electron chi connectivity index (χ2n) is 6.01. The number of hydrogen-bond acceptors (Lipinski definition) is 5. The van der Waals surface area contributed by atoms with E-state index in [1.165, 1.54) is 6.07 Å². The summed E-state index contributed by atoms with van der Waals surface area (Å²) < 4.78 is 0. The van der Waals surface area contributed by atoms with Crippen molar-refractivity contribution in [1.82, 2.24) is 9.97 Å². The van der Waals surface area contributed by atoms with Gasteiger partial charge in [0.15, 0.2) is 11.5 Å².